The molecule has 1 aromatic carbocycles. The molecule has 1 aromatic heterocycles. The van der Waals surface area contributed by atoms with Crippen LogP contribution in [0.2, 0.25) is 5.02 Å². The van der Waals surface area contributed by atoms with Crippen LogP contribution in [0.25, 0.3) is 0 Å². The van der Waals surface area contributed by atoms with Gasteiger partial charge in [-0.25, -0.2) is 9.18 Å². The van der Waals surface area contributed by atoms with Crippen LogP contribution in [0.4, 0.5) is 10.1 Å². The molecule has 0 saturated heterocycles. The number of rotatable bonds is 3. The van der Waals surface area contributed by atoms with Crippen LogP contribution in [0, 0.1) is 5.82 Å². The minimum Gasteiger partial charge on any atom is -0.478 e. The van der Waals surface area contributed by atoms with Crippen molar-refractivity contribution in [2.75, 3.05) is 5.32 Å². The molecular weight excluding hydrogens is 287 g/mol. The van der Waals surface area contributed by atoms with Gasteiger partial charge in [-0.1, -0.05) is 17.7 Å². The van der Waals surface area contributed by atoms with Gasteiger partial charge in [0.15, 0.2) is 0 Å². The highest BCUT2D eigenvalue weighted by atomic mass is 35.5. The summed E-state index contributed by atoms with van der Waals surface area (Å²) in [5.41, 5.74) is -0.462. The van der Waals surface area contributed by atoms with Crippen LogP contribution in [0.1, 0.15) is 20.8 Å². The van der Waals surface area contributed by atoms with E-state index in [4.69, 9.17) is 16.7 Å². The molecule has 0 aliphatic rings. The summed E-state index contributed by atoms with van der Waals surface area (Å²) in [7, 11) is 1.62. The number of hydrogen-bond donors (Lipinski definition) is 2. The lowest BCUT2D eigenvalue weighted by Crippen LogP contribution is -2.18. The van der Waals surface area contributed by atoms with Crippen LogP contribution in [0.5, 0.6) is 0 Å². The second-order valence-corrected chi connectivity index (χ2v) is 4.51. The molecule has 0 spiro atoms. The maximum atomic E-state index is 13.5. The van der Waals surface area contributed by atoms with Crippen LogP contribution in [-0.4, -0.2) is 21.6 Å². The van der Waals surface area contributed by atoms with E-state index in [0.29, 0.717) is 5.02 Å². The summed E-state index contributed by atoms with van der Waals surface area (Å²) in [5.74, 6) is -2.95. The topological polar surface area (TPSA) is 71.3 Å². The number of nitrogens with zero attached hydrogens (tertiary/aromatic N) is 1. The molecule has 7 heteroatoms. The number of amides is 1. The Morgan fingerprint density at radius 3 is 2.65 bits per heavy atom. The van der Waals surface area contributed by atoms with Crippen molar-refractivity contribution in [3.8, 4) is 0 Å². The van der Waals surface area contributed by atoms with E-state index in [1.54, 1.807) is 7.05 Å². The molecule has 1 heterocycles. The molecule has 0 aliphatic heterocycles. The molecule has 0 unspecified atom stereocenters. The fourth-order valence-electron chi connectivity index (χ4n) is 1.78. The molecule has 2 aromatic rings. The summed E-state index contributed by atoms with van der Waals surface area (Å²) < 4.78 is 15.0. The van der Waals surface area contributed by atoms with Crippen molar-refractivity contribution in [3.63, 3.8) is 0 Å². The smallest absolute Gasteiger partial charge is 0.340 e. The Kier molecular flexibility index (Phi) is 3.76. The van der Waals surface area contributed by atoms with E-state index < -0.39 is 23.3 Å². The quantitative estimate of drug-likeness (QED) is 0.915. The van der Waals surface area contributed by atoms with Crippen molar-refractivity contribution in [1.82, 2.24) is 4.57 Å². The van der Waals surface area contributed by atoms with Crippen molar-refractivity contribution in [2.24, 2.45) is 7.05 Å². The SMILES string of the molecule is Cn1cc(Cl)cc1C(=O)Nc1cccc(F)c1C(=O)O. The number of aromatic nitrogens is 1. The highest BCUT2D eigenvalue weighted by Crippen LogP contribution is 2.21. The summed E-state index contributed by atoms with van der Waals surface area (Å²) in [6.45, 7) is 0. The second kappa shape index (κ2) is 5.34. The number of carbonyl (C=O) groups is 2. The lowest BCUT2D eigenvalue weighted by molar-refractivity contribution is 0.0693. The van der Waals surface area contributed by atoms with Crippen LogP contribution < -0.4 is 5.32 Å². The Labute approximate surface area is 118 Å². The number of aromatic carboxylic acids is 1. The summed E-state index contributed by atoms with van der Waals surface area (Å²) in [6.07, 6.45) is 1.53. The zero-order chi connectivity index (χ0) is 14.9. The highest BCUT2D eigenvalue weighted by Gasteiger charge is 2.19. The van der Waals surface area contributed by atoms with Crippen LogP contribution in [-0.2, 0) is 7.05 Å². The number of hydrogen-bond acceptors (Lipinski definition) is 2. The van der Waals surface area contributed by atoms with Crippen LogP contribution >= 0.6 is 11.6 Å². The highest BCUT2D eigenvalue weighted by molar-refractivity contribution is 6.31. The zero-order valence-electron chi connectivity index (χ0n) is 10.4. The number of anilines is 1. The first-order chi connectivity index (χ1) is 9.40. The van der Waals surface area contributed by atoms with Gasteiger partial charge in [0.25, 0.3) is 5.91 Å². The maximum absolute atomic E-state index is 13.5. The van der Waals surface area contributed by atoms with Gasteiger partial charge in [0.1, 0.15) is 17.1 Å². The number of benzene rings is 1. The molecule has 0 aliphatic carbocycles. The van der Waals surface area contributed by atoms with E-state index in [0.717, 1.165) is 6.07 Å². The minimum absolute atomic E-state index is 0.111. The Bertz CT molecular complexity index is 697. The van der Waals surface area contributed by atoms with Crippen LogP contribution in [0.15, 0.2) is 30.5 Å². The van der Waals surface area contributed by atoms with E-state index in [1.165, 1.54) is 29.0 Å². The monoisotopic (exact) mass is 296 g/mol. The van der Waals surface area contributed by atoms with Gasteiger partial charge >= 0.3 is 5.97 Å². The van der Waals surface area contributed by atoms with Gasteiger partial charge in [0.2, 0.25) is 0 Å². The molecule has 20 heavy (non-hydrogen) atoms. The molecule has 2 rings (SSSR count). The largest absolute Gasteiger partial charge is 0.478 e. The lowest BCUT2D eigenvalue weighted by atomic mass is 10.1. The number of carboxylic acids is 1. The zero-order valence-corrected chi connectivity index (χ0v) is 11.1. The third kappa shape index (κ3) is 2.65. The third-order valence-electron chi connectivity index (χ3n) is 2.68. The number of carbonyl (C=O) groups excluding carboxylic acids is 1. The average Bonchev–Trinajstić information content (AvgIpc) is 2.68. The molecule has 0 radical (unpaired) electrons. The number of carboxylic acid groups (broad SMARTS) is 1. The molecule has 0 bridgehead atoms. The number of halogens is 2. The molecular formula is C13H10ClFN2O3. The molecule has 104 valence electrons. The fourth-order valence-corrected chi connectivity index (χ4v) is 2.03. The van der Waals surface area contributed by atoms with E-state index >= 15 is 0 Å². The van der Waals surface area contributed by atoms with E-state index in [9.17, 15) is 14.0 Å². The Morgan fingerprint density at radius 2 is 2.10 bits per heavy atom. The van der Waals surface area contributed by atoms with Gasteiger partial charge in [-0.15, -0.1) is 0 Å². The van der Waals surface area contributed by atoms with E-state index in [1.807, 2.05) is 0 Å². The minimum atomic E-state index is -1.46. The number of aryl methyl sites for hydroxylation is 1. The van der Waals surface area contributed by atoms with Gasteiger partial charge in [-0.05, 0) is 18.2 Å². The summed E-state index contributed by atoms with van der Waals surface area (Å²) in [6, 6.07) is 5.07. The lowest BCUT2D eigenvalue weighted by Gasteiger charge is -2.09. The predicted octanol–water partition coefficient (Wildman–Crippen LogP) is 2.77. The maximum Gasteiger partial charge on any atom is 0.340 e. The first-order valence-electron chi connectivity index (χ1n) is 5.55. The number of nitrogens with one attached hydrogen (secondary N) is 1. The van der Waals surface area contributed by atoms with Crippen molar-refractivity contribution in [3.05, 3.63) is 52.6 Å². The average molecular weight is 297 g/mol. The standard InChI is InChI=1S/C13H10ClFN2O3/c1-17-6-7(14)5-10(17)12(18)16-9-4-2-3-8(15)11(9)13(19)20/h2-6H,1H3,(H,16,18)(H,19,20). The molecule has 1 amide bonds. The van der Waals surface area contributed by atoms with Gasteiger partial charge < -0.3 is 15.0 Å². The van der Waals surface area contributed by atoms with E-state index in [-0.39, 0.29) is 11.4 Å². The van der Waals surface area contributed by atoms with Crippen molar-refractivity contribution in [1.29, 1.82) is 0 Å². The first-order valence-corrected chi connectivity index (χ1v) is 5.93. The van der Waals surface area contributed by atoms with Gasteiger partial charge in [0, 0.05) is 13.2 Å². The van der Waals surface area contributed by atoms with Crippen molar-refractivity contribution in [2.45, 2.75) is 0 Å². The molecule has 0 saturated carbocycles. The van der Waals surface area contributed by atoms with Gasteiger partial charge in [0.05, 0.1) is 10.7 Å². The fraction of sp³-hybridized carbons (Fsp3) is 0.0769. The predicted molar refractivity (Wildman–Crippen MR) is 71.7 cm³/mol. The molecule has 2 N–H and O–H groups in total. The normalized spacial score (nSPS) is 10.3. The summed E-state index contributed by atoms with van der Waals surface area (Å²) in [5, 5.41) is 11.7. The molecule has 5 nitrogen and oxygen atoms in total. The third-order valence-corrected chi connectivity index (χ3v) is 2.89. The van der Waals surface area contributed by atoms with E-state index in [2.05, 4.69) is 5.32 Å². The van der Waals surface area contributed by atoms with Gasteiger partial charge in [-0.3, -0.25) is 4.79 Å². The van der Waals surface area contributed by atoms with Gasteiger partial charge in [-0.2, -0.15) is 0 Å². The summed E-state index contributed by atoms with van der Waals surface area (Å²) in [4.78, 5) is 23.0. The molecule has 0 atom stereocenters. The molecule has 0 fully saturated rings. The van der Waals surface area contributed by atoms with Crippen molar-refractivity contribution >= 4 is 29.2 Å². The second-order valence-electron chi connectivity index (χ2n) is 4.08. The Hall–Kier alpha value is -2.34. The Balaban J connectivity index is 2.36. The van der Waals surface area contributed by atoms with Crippen molar-refractivity contribution < 1.29 is 19.1 Å². The summed E-state index contributed by atoms with van der Waals surface area (Å²) >= 11 is 5.76. The van der Waals surface area contributed by atoms with Crippen LogP contribution in [0.3, 0.4) is 0 Å². The Morgan fingerprint density at radius 1 is 1.40 bits per heavy atom. The first kappa shape index (κ1) is 14.1.